The largest absolute Gasteiger partial charge is 0.338 e. The number of urea groups is 1. The molecule has 6 heteroatoms. The number of nitrogens with one attached hydrogen (secondary N) is 1. The van der Waals surface area contributed by atoms with Crippen LogP contribution < -0.4 is 5.32 Å². The summed E-state index contributed by atoms with van der Waals surface area (Å²) in [5.41, 5.74) is 0. The van der Waals surface area contributed by atoms with Crippen molar-refractivity contribution in [2.75, 3.05) is 26.2 Å². The second kappa shape index (κ2) is 6.24. The Morgan fingerprint density at radius 3 is 2.65 bits per heavy atom. The van der Waals surface area contributed by atoms with E-state index in [0.29, 0.717) is 31.8 Å². The van der Waals surface area contributed by atoms with Crippen molar-refractivity contribution in [2.45, 2.75) is 33.1 Å². The first-order valence-corrected chi connectivity index (χ1v) is 7.36. The monoisotopic (exact) mass is 281 g/mol. The van der Waals surface area contributed by atoms with E-state index >= 15 is 0 Å². The van der Waals surface area contributed by atoms with Gasteiger partial charge in [0.2, 0.25) is 11.8 Å². The molecule has 2 atom stereocenters. The van der Waals surface area contributed by atoms with Gasteiger partial charge in [-0.05, 0) is 18.8 Å². The van der Waals surface area contributed by atoms with Gasteiger partial charge in [-0.1, -0.05) is 13.8 Å². The van der Waals surface area contributed by atoms with E-state index in [2.05, 4.69) is 12.2 Å². The SMILES string of the molecule is C[C@@H]1CCN(C(=O)NCCCN2C(=O)C[C@H](C)C2=O)C1. The minimum absolute atomic E-state index is 0.0400. The van der Waals surface area contributed by atoms with Gasteiger partial charge in [-0.3, -0.25) is 14.5 Å². The highest BCUT2D eigenvalue weighted by Crippen LogP contribution is 2.18. The zero-order chi connectivity index (χ0) is 14.7. The van der Waals surface area contributed by atoms with E-state index in [1.807, 2.05) is 4.90 Å². The molecule has 4 amide bonds. The number of likely N-dealkylation sites (tertiary alicyclic amines) is 2. The summed E-state index contributed by atoms with van der Waals surface area (Å²) < 4.78 is 0. The molecule has 0 spiro atoms. The molecule has 0 aromatic heterocycles. The Morgan fingerprint density at radius 2 is 2.10 bits per heavy atom. The molecule has 0 radical (unpaired) electrons. The average Bonchev–Trinajstić information content (AvgIpc) is 2.92. The molecule has 112 valence electrons. The lowest BCUT2D eigenvalue weighted by Gasteiger charge is -2.18. The highest BCUT2D eigenvalue weighted by Gasteiger charge is 2.34. The lowest BCUT2D eigenvalue weighted by Crippen LogP contribution is -2.40. The van der Waals surface area contributed by atoms with Gasteiger partial charge in [0, 0.05) is 38.5 Å². The number of rotatable bonds is 4. The number of nitrogens with zero attached hydrogens (tertiary/aromatic N) is 2. The van der Waals surface area contributed by atoms with Crippen LogP contribution in [0.3, 0.4) is 0 Å². The molecule has 6 nitrogen and oxygen atoms in total. The Kier molecular flexibility index (Phi) is 4.62. The first-order valence-electron chi connectivity index (χ1n) is 7.36. The summed E-state index contributed by atoms with van der Waals surface area (Å²) >= 11 is 0. The van der Waals surface area contributed by atoms with Crippen LogP contribution in [0.25, 0.3) is 0 Å². The summed E-state index contributed by atoms with van der Waals surface area (Å²) in [6, 6.07) is -0.0400. The van der Waals surface area contributed by atoms with Gasteiger partial charge in [-0.25, -0.2) is 4.79 Å². The van der Waals surface area contributed by atoms with Gasteiger partial charge >= 0.3 is 6.03 Å². The fourth-order valence-corrected chi connectivity index (χ4v) is 2.75. The predicted molar refractivity (Wildman–Crippen MR) is 73.9 cm³/mol. The third kappa shape index (κ3) is 3.29. The van der Waals surface area contributed by atoms with Crippen molar-refractivity contribution in [1.29, 1.82) is 0 Å². The minimum Gasteiger partial charge on any atom is -0.338 e. The Balaban J connectivity index is 1.65. The zero-order valence-corrected chi connectivity index (χ0v) is 12.2. The smallest absolute Gasteiger partial charge is 0.317 e. The van der Waals surface area contributed by atoms with Gasteiger partial charge in [0.15, 0.2) is 0 Å². The highest BCUT2D eigenvalue weighted by atomic mass is 16.2. The molecular formula is C14H23N3O3. The van der Waals surface area contributed by atoms with E-state index in [0.717, 1.165) is 19.5 Å². The van der Waals surface area contributed by atoms with Gasteiger partial charge in [0.05, 0.1) is 0 Å². The van der Waals surface area contributed by atoms with Crippen LogP contribution in [0, 0.1) is 11.8 Å². The number of hydrogen-bond acceptors (Lipinski definition) is 3. The van der Waals surface area contributed by atoms with Crippen LogP contribution in [0.2, 0.25) is 0 Å². The minimum atomic E-state index is -0.192. The third-order valence-electron chi connectivity index (χ3n) is 4.02. The van der Waals surface area contributed by atoms with Gasteiger partial charge in [-0.15, -0.1) is 0 Å². The van der Waals surface area contributed by atoms with Crippen molar-refractivity contribution >= 4 is 17.8 Å². The Morgan fingerprint density at radius 1 is 1.35 bits per heavy atom. The van der Waals surface area contributed by atoms with Gasteiger partial charge in [0.25, 0.3) is 0 Å². The quantitative estimate of drug-likeness (QED) is 0.613. The van der Waals surface area contributed by atoms with Crippen LogP contribution in [0.15, 0.2) is 0 Å². The summed E-state index contributed by atoms with van der Waals surface area (Å²) in [5.74, 6) is 0.196. The summed E-state index contributed by atoms with van der Waals surface area (Å²) in [6.07, 6.45) is 1.98. The molecule has 0 aromatic carbocycles. The Hall–Kier alpha value is -1.59. The van der Waals surface area contributed by atoms with Gasteiger partial charge < -0.3 is 10.2 Å². The van der Waals surface area contributed by atoms with Crippen molar-refractivity contribution < 1.29 is 14.4 Å². The molecular weight excluding hydrogens is 258 g/mol. The molecule has 0 bridgehead atoms. The molecule has 2 heterocycles. The number of hydrogen-bond donors (Lipinski definition) is 1. The normalized spacial score (nSPS) is 26.5. The van der Waals surface area contributed by atoms with E-state index in [-0.39, 0.29) is 23.8 Å². The molecule has 2 rings (SSSR count). The second-order valence-corrected chi connectivity index (χ2v) is 5.91. The van der Waals surface area contributed by atoms with E-state index < -0.39 is 0 Å². The van der Waals surface area contributed by atoms with Crippen LogP contribution in [0.5, 0.6) is 0 Å². The van der Waals surface area contributed by atoms with E-state index in [1.54, 1.807) is 6.92 Å². The van der Waals surface area contributed by atoms with Gasteiger partial charge in [-0.2, -0.15) is 0 Å². The Bertz CT molecular complexity index is 410. The number of amides is 4. The van der Waals surface area contributed by atoms with Crippen LogP contribution in [-0.4, -0.2) is 53.8 Å². The first kappa shape index (κ1) is 14.8. The molecule has 0 aliphatic carbocycles. The molecule has 1 N–H and O–H groups in total. The first-order chi connectivity index (χ1) is 9.49. The molecule has 0 aromatic rings. The van der Waals surface area contributed by atoms with Crippen molar-refractivity contribution in [3.8, 4) is 0 Å². The predicted octanol–water partition coefficient (Wildman–Crippen LogP) is 0.823. The maximum Gasteiger partial charge on any atom is 0.317 e. The fourth-order valence-electron chi connectivity index (χ4n) is 2.75. The van der Waals surface area contributed by atoms with Crippen molar-refractivity contribution in [3.63, 3.8) is 0 Å². The average molecular weight is 281 g/mol. The molecule has 20 heavy (non-hydrogen) atoms. The molecule has 2 fully saturated rings. The topological polar surface area (TPSA) is 69.7 Å². The van der Waals surface area contributed by atoms with E-state index in [4.69, 9.17) is 0 Å². The highest BCUT2D eigenvalue weighted by molar-refractivity contribution is 6.03. The molecule has 2 saturated heterocycles. The lowest BCUT2D eigenvalue weighted by atomic mass is 10.1. The number of imide groups is 1. The van der Waals surface area contributed by atoms with Gasteiger partial charge in [0.1, 0.15) is 0 Å². The summed E-state index contributed by atoms with van der Waals surface area (Å²) in [7, 11) is 0. The van der Waals surface area contributed by atoms with E-state index in [9.17, 15) is 14.4 Å². The van der Waals surface area contributed by atoms with Crippen molar-refractivity contribution in [3.05, 3.63) is 0 Å². The molecule has 0 unspecified atom stereocenters. The fraction of sp³-hybridized carbons (Fsp3) is 0.786. The maximum atomic E-state index is 11.8. The molecule has 2 aliphatic heterocycles. The standard InChI is InChI=1S/C14H23N3O3/c1-10-4-7-16(9-10)14(20)15-5-3-6-17-12(18)8-11(2)13(17)19/h10-11H,3-9H2,1-2H3,(H,15,20)/t10-,11+/m1/s1. The second-order valence-electron chi connectivity index (χ2n) is 5.91. The molecule has 0 saturated carbocycles. The third-order valence-corrected chi connectivity index (χ3v) is 4.02. The number of carbonyl (C=O) groups is 3. The zero-order valence-electron chi connectivity index (χ0n) is 12.2. The van der Waals surface area contributed by atoms with Crippen LogP contribution >= 0.6 is 0 Å². The lowest BCUT2D eigenvalue weighted by molar-refractivity contribution is -0.139. The summed E-state index contributed by atoms with van der Waals surface area (Å²) in [4.78, 5) is 38.2. The van der Waals surface area contributed by atoms with Crippen molar-refractivity contribution in [1.82, 2.24) is 15.1 Å². The maximum absolute atomic E-state index is 11.8. The summed E-state index contributed by atoms with van der Waals surface area (Å²) in [5, 5.41) is 2.85. The number of carbonyl (C=O) groups excluding carboxylic acids is 3. The van der Waals surface area contributed by atoms with Crippen LogP contribution in [0.4, 0.5) is 4.79 Å². The Labute approximate surface area is 119 Å². The van der Waals surface area contributed by atoms with Crippen LogP contribution in [0.1, 0.15) is 33.1 Å². The van der Waals surface area contributed by atoms with Crippen molar-refractivity contribution in [2.24, 2.45) is 11.8 Å². The summed E-state index contributed by atoms with van der Waals surface area (Å²) in [6.45, 7) is 6.43. The van der Waals surface area contributed by atoms with Crippen LogP contribution in [-0.2, 0) is 9.59 Å². The van der Waals surface area contributed by atoms with E-state index in [1.165, 1.54) is 4.90 Å². The molecule has 2 aliphatic rings.